The van der Waals surface area contributed by atoms with E-state index in [4.69, 9.17) is 5.73 Å². The lowest BCUT2D eigenvalue weighted by atomic mass is 10.1. The number of benzene rings is 1. The maximum Gasteiger partial charge on any atom is 0.0109 e. The molecule has 0 amide bonds. The van der Waals surface area contributed by atoms with Gasteiger partial charge in [0.2, 0.25) is 0 Å². The summed E-state index contributed by atoms with van der Waals surface area (Å²) in [5, 5.41) is 0. The molecule has 0 bridgehead atoms. The highest BCUT2D eigenvalue weighted by atomic mass is 15.2. The molecule has 1 heterocycles. The first-order valence-corrected chi connectivity index (χ1v) is 8.57. The predicted octanol–water partition coefficient (Wildman–Crippen LogP) is 2.37. The largest absolute Gasteiger partial charge is 0.330 e. The zero-order valence-corrected chi connectivity index (χ0v) is 13.3. The van der Waals surface area contributed by atoms with Crippen LogP contribution in [0.25, 0.3) is 0 Å². The molecule has 0 saturated carbocycles. The Balaban J connectivity index is 1.61. The van der Waals surface area contributed by atoms with Crippen molar-refractivity contribution in [1.29, 1.82) is 0 Å². The lowest BCUT2D eigenvalue weighted by molar-refractivity contribution is 0.252. The summed E-state index contributed by atoms with van der Waals surface area (Å²) in [6, 6.07) is 10.8. The minimum absolute atomic E-state index is 0.833. The third kappa shape index (κ3) is 6.60. The van der Waals surface area contributed by atoms with Crippen molar-refractivity contribution in [3.05, 3.63) is 35.9 Å². The van der Waals surface area contributed by atoms with Crippen LogP contribution in [0.15, 0.2) is 30.3 Å². The topological polar surface area (TPSA) is 32.5 Å². The smallest absolute Gasteiger partial charge is 0.0109 e. The normalized spacial score (nSPS) is 17.8. The second-order valence-corrected chi connectivity index (χ2v) is 6.12. The van der Waals surface area contributed by atoms with Gasteiger partial charge in [0.05, 0.1) is 0 Å². The van der Waals surface area contributed by atoms with Gasteiger partial charge in [-0.15, -0.1) is 0 Å². The van der Waals surface area contributed by atoms with Crippen LogP contribution in [-0.4, -0.2) is 55.6 Å². The SMILES string of the molecule is NCCCCN1CCCN(CCCc2ccccc2)CC1. The Hall–Kier alpha value is -0.900. The van der Waals surface area contributed by atoms with Gasteiger partial charge in [0.1, 0.15) is 0 Å². The monoisotopic (exact) mass is 289 g/mol. The second kappa shape index (κ2) is 9.93. The molecule has 21 heavy (non-hydrogen) atoms. The quantitative estimate of drug-likeness (QED) is 0.746. The van der Waals surface area contributed by atoms with E-state index in [0.29, 0.717) is 0 Å². The van der Waals surface area contributed by atoms with Crippen molar-refractivity contribution in [2.45, 2.75) is 32.1 Å². The summed E-state index contributed by atoms with van der Waals surface area (Å²) in [7, 11) is 0. The summed E-state index contributed by atoms with van der Waals surface area (Å²) >= 11 is 0. The van der Waals surface area contributed by atoms with Gasteiger partial charge in [-0.05, 0) is 70.4 Å². The van der Waals surface area contributed by atoms with Crippen LogP contribution >= 0.6 is 0 Å². The van der Waals surface area contributed by atoms with E-state index in [9.17, 15) is 0 Å². The molecule has 0 aliphatic carbocycles. The fraction of sp³-hybridized carbons (Fsp3) is 0.667. The average Bonchev–Trinajstić information content (AvgIpc) is 2.74. The number of nitrogens with zero attached hydrogens (tertiary/aromatic N) is 2. The van der Waals surface area contributed by atoms with Crippen molar-refractivity contribution in [2.24, 2.45) is 5.73 Å². The van der Waals surface area contributed by atoms with E-state index in [2.05, 4.69) is 40.1 Å². The van der Waals surface area contributed by atoms with E-state index < -0.39 is 0 Å². The van der Waals surface area contributed by atoms with Crippen LogP contribution in [0.4, 0.5) is 0 Å². The van der Waals surface area contributed by atoms with Crippen LogP contribution in [0.2, 0.25) is 0 Å². The number of aryl methyl sites for hydroxylation is 1. The van der Waals surface area contributed by atoms with Crippen molar-refractivity contribution in [3.63, 3.8) is 0 Å². The van der Waals surface area contributed by atoms with E-state index in [1.807, 2.05) is 0 Å². The third-order valence-corrected chi connectivity index (χ3v) is 4.39. The maximum absolute atomic E-state index is 5.57. The Morgan fingerprint density at radius 2 is 1.48 bits per heavy atom. The van der Waals surface area contributed by atoms with E-state index in [1.165, 1.54) is 70.5 Å². The summed E-state index contributed by atoms with van der Waals surface area (Å²) < 4.78 is 0. The van der Waals surface area contributed by atoms with Crippen LogP contribution in [0.1, 0.15) is 31.2 Å². The van der Waals surface area contributed by atoms with Gasteiger partial charge in [-0.1, -0.05) is 30.3 Å². The molecule has 0 unspecified atom stereocenters. The molecule has 1 aromatic rings. The highest BCUT2D eigenvalue weighted by molar-refractivity contribution is 5.14. The number of rotatable bonds is 8. The first-order valence-electron chi connectivity index (χ1n) is 8.57. The Morgan fingerprint density at radius 1 is 0.810 bits per heavy atom. The molecule has 3 heteroatoms. The van der Waals surface area contributed by atoms with Gasteiger partial charge in [0.25, 0.3) is 0 Å². The molecule has 0 spiro atoms. The molecule has 3 nitrogen and oxygen atoms in total. The highest BCUT2D eigenvalue weighted by Gasteiger charge is 2.13. The number of unbranched alkanes of at least 4 members (excludes halogenated alkanes) is 1. The summed E-state index contributed by atoms with van der Waals surface area (Å²) in [4.78, 5) is 5.26. The van der Waals surface area contributed by atoms with E-state index in [0.717, 1.165) is 13.0 Å². The van der Waals surface area contributed by atoms with Gasteiger partial charge in [0, 0.05) is 13.1 Å². The fourth-order valence-electron chi connectivity index (χ4n) is 3.10. The first-order chi connectivity index (χ1) is 10.4. The minimum atomic E-state index is 0.833. The molecule has 1 saturated heterocycles. The molecule has 118 valence electrons. The molecule has 1 aromatic carbocycles. The summed E-state index contributed by atoms with van der Waals surface area (Å²) in [5.41, 5.74) is 7.04. The molecule has 1 aliphatic heterocycles. The summed E-state index contributed by atoms with van der Waals surface area (Å²) in [6.45, 7) is 8.30. The molecular formula is C18H31N3. The van der Waals surface area contributed by atoms with Gasteiger partial charge in [-0.25, -0.2) is 0 Å². The molecular weight excluding hydrogens is 258 g/mol. The van der Waals surface area contributed by atoms with Gasteiger partial charge in [-0.2, -0.15) is 0 Å². The van der Waals surface area contributed by atoms with Crippen molar-refractivity contribution < 1.29 is 0 Å². The van der Waals surface area contributed by atoms with Crippen molar-refractivity contribution in [3.8, 4) is 0 Å². The Morgan fingerprint density at radius 3 is 2.14 bits per heavy atom. The maximum atomic E-state index is 5.57. The molecule has 0 aromatic heterocycles. The molecule has 1 fully saturated rings. The fourth-order valence-corrected chi connectivity index (χ4v) is 3.10. The predicted molar refractivity (Wildman–Crippen MR) is 90.5 cm³/mol. The van der Waals surface area contributed by atoms with Crippen LogP contribution < -0.4 is 5.73 Å². The van der Waals surface area contributed by atoms with E-state index >= 15 is 0 Å². The molecule has 1 aliphatic rings. The van der Waals surface area contributed by atoms with Gasteiger partial charge in [-0.3, -0.25) is 0 Å². The minimum Gasteiger partial charge on any atom is -0.330 e. The van der Waals surface area contributed by atoms with E-state index in [-0.39, 0.29) is 0 Å². The highest BCUT2D eigenvalue weighted by Crippen LogP contribution is 2.07. The lowest BCUT2D eigenvalue weighted by Crippen LogP contribution is -2.32. The lowest BCUT2D eigenvalue weighted by Gasteiger charge is -2.21. The standard InChI is InChI=1S/C18H31N3/c19-11-4-5-12-20-14-7-15-21(17-16-20)13-6-10-18-8-2-1-3-9-18/h1-3,8-9H,4-7,10-17,19H2. The zero-order chi connectivity index (χ0) is 14.8. The average molecular weight is 289 g/mol. The van der Waals surface area contributed by atoms with Crippen molar-refractivity contribution in [2.75, 3.05) is 45.8 Å². The molecule has 2 rings (SSSR count). The summed E-state index contributed by atoms with van der Waals surface area (Å²) in [5.74, 6) is 0. The third-order valence-electron chi connectivity index (χ3n) is 4.39. The van der Waals surface area contributed by atoms with Crippen LogP contribution in [-0.2, 0) is 6.42 Å². The molecule has 2 N–H and O–H groups in total. The van der Waals surface area contributed by atoms with Crippen molar-refractivity contribution in [1.82, 2.24) is 9.80 Å². The molecule has 0 atom stereocenters. The van der Waals surface area contributed by atoms with Crippen LogP contribution in [0, 0.1) is 0 Å². The second-order valence-electron chi connectivity index (χ2n) is 6.12. The zero-order valence-electron chi connectivity index (χ0n) is 13.3. The number of hydrogen-bond donors (Lipinski definition) is 1. The number of hydrogen-bond acceptors (Lipinski definition) is 3. The number of nitrogens with two attached hydrogens (primary N) is 1. The Labute approximate surface area is 130 Å². The Bertz CT molecular complexity index is 366. The van der Waals surface area contributed by atoms with E-state index in [1.54, 1.807) is 0 Å². The molecule has 0 radical (unpaired) electrons. The first kappa shape index (κ1) is 16.5. The van der Waals surface area contributed by atoms with Gasteiger partial charge < -0.3 is 15.5 Å². The van der Waals surface area contributed by atoms with Gasteiger partial charge >= 0.3 is 0 Å². The Kier molecular flexibility index (Phi) is 7.79. The van der Waals surface area contributed by atoms with Crippen LogP contribution in [0.5, 0.6) is 0 Å². The summed E-state index contributed by atoms with van der Waals surface area (Å²) in [6.07, 6.45) is 6.21. The van der Waals surface area contributed by atoms with Crippen molar-refractivity contribution >= 4 is 0 Å². The van der Waals surface area contributed by atoms with Crippen LogP contribution in [0.3, 0.4) is 0 Å². The van der Waals surface area contributed by atoms with Gasteiger partial charge in [0.15, 0.2) is 0 Å².